The SMILES string of the molecule is Nc1ccc(N2C(=O)NC(=O)C(=O)C2=O)cc1. The highest BCUT2D eigenvalue weighted by Crippen LogP contribution is 2.18. The van der Waals surface area contributed by atoms with Gasteiger partial charge in [-0.25, -0.2) is 9.69 Å². The Kier molecular flexibility index (Phi) is 2.36. The number of carbonyl (C=O) groups excluding carboxylic acids is 4. The van der Waals surface area contributed by atoms with Crippen molar-refractivity contribution in [3.8, 4) is 0 Å². The second-order valence-electron chi connectivity index (χ2n) is 3.32. The molecule has 2 rings (SSSR count). The Hall–Kier alpha value is -2.70. The molecule has 0 saturated carbocycles. The molecule has 0 atom stereocenters. The number of barbiturate groups is 1. The predicted molar refractivity (Wildman–Crippen MR) is 56.9 cm³/mol. The number of anilines is 2. The molecule has 0 spiro atoms. The number of nitrogens with zero attached hydrogens (tertiary/aromatic N) is 1. The Morgan fingerprint density at radius 2 is 1.59 bits per heavy atom. The zero-order valence-corrected chi connectivity index (χ0v) is 8.47. The molecule has 0 radical (unpaired) electrons. The number of nitrogens with one attached hydrogen (secondary N) is 1. The van der Waals surface area contributed by atoms with Gasteiger partial charge < -0.3 is 5.73 Å². The molecule has 1 heterocycles. The van der Waals surface area contributed by atoms with E-state index in [9.17, 15) is 19.2 Å². The third kappa shape index (κ3) is 1.73. The Balaban J connectivity index is 2.40. The molecule has 4 amide bonds. The maximum absolute atomic E-state index is 11.5. The number of carbonyl (C=O) groups is 4. The van der Waals surface area contributed by atoms with Crippen LogP contribution < -0.4 is 16.0 Å². The maximum atomic E-state index is 11.5. The van der Waals surface area contributed by atoms with Gasteiger partial charge in [-0.15, -0.1) is 0 Å². The van der Waals surface area contributed by atoms with Crippen molar-refractivity contribution >= 4 is 35.0 Å². The summed E-state index contributed by atoms with van der Waals surface area (Å²) in [6.07, 6.45) is 0. The van der Waals surface area contributed by atoms with Crippen LogP contribution in [-0.2, 0) is 14.4 Å². The van der Waals surface area contributed by atoms with Crippen molar-refractivity contribution in [2.24, 2.45) is 0 Å². The largest absolute Gasteiger partial charge is 0.399 e. The van der Waals surface area contributed by atoms with E-state index in [-0.39, 0.29) is 5.69 Å². The molecule has 1 aliphatic heterocycles. The second kappa shape index (κ2) is 3.71. The first-order valence-electron chi connectivity index (χ1n) is 4.60. The van der Waals surface area contributed by atoms with E-state index in [1.165, 1.54) is 24.3 Å². The number of rotatable bonds is 1. The fourth-order valence-corrected chi connectivity index (χ4v) is 1.36. The highest BCUT2D eigenvalue weighted by molar-refractivity contribution is 6.70. The number of benzene rings is 1. The van der Waals surface area contributed by atoms with Crippen molar-refractivity contribution in [1.29, 1.82) is 0 Å². The van der Waals surface area contributed by atoms with Gasteiger partial charge in [-0.2, -0.15) is 0 Å². The quantitative estimate of drug-likeness (QED) is 0.498. The first kappa shape index (κ1) is 10.8. The summed E-state index contributed by atoms with van der Waals surface area (Å²) >= 11 is 0. The molecule has 1 aromatic rings. The molecule has 7 heteroatoms. The normalized spacial score (nSPS) is 16.1. The number of imide groups is 2. The van der Waals surface area contributed by atoms with E-state index in [2.05, 4.69) is 0 Å². The molecule has 17 heavy (non-hydrogen) atoms. The summed E-state index contributed by atoms with van der Waals surface area (Å²) in [4.78, 5) is 45.6. The van der Waals surface area contributed by atoms with Gasteiger partial charge in [0.05, 0.1) is 5.69 Å². The van der Waals surface area contributed by atoms with E-state index in [0.29, 0.717) is 10.6 Å². The van der Waals surface area contributed by atoms with Crippen LogP contribution in [0.2, 0.25) is 0 Å². The zero-order chi connectivity index (χ0) is 12.6. The average molecular weight is 233 g/mol. The fraction of sp³-hybridized carbons (Fsp3) is 0. The van der Waals surface area contributed by atoms with Crippen LogP contribution in [0.15, 0.2) is 24.3 Å². The van der Waals surface area contributed by atoms with Crippen LogP contribution in [0.1, 0.15) is 0 Å². The van der Waals surface area contributed by atoms with Gasteiger partial charge in [-0.05, 0) is 24.3 Å². The summed E-state index contributed by atoms with van der Waals surface area (Å²) in [6.45, 7) is 0. The molecular formula is C10H7N3O4. The minimum Gasteiger partial charge on any atom is -0.399 e. The highest BCUT2D eigenvalue weighted by atomic mass is 16.2. The number of hydrogen-bond acceptors (Lipinski definition) is 5. The van der Waals surface area contributed by atoms with E-state index in [1.807, 2.05) is 0 Å². The third-order valence-electron chi connectivity index (χ3n) is 2.18. The summed E-state index contributed by atoms with van der Waals surface area (Å²) in [6, 6.07) is 4.78. The lowest BCUT2D eigenvalue weighted by molar-refractivity contribution is -0.145. The van der Waals surface area contributed by atoms with Gasteiger partial charge in [-0.1, -0.05) is 0 Å². The molecular weight excluding hydrogens is 226 g/mol. The van der Waals surface area contributed by atoms with Crippen molar-refractivity contribution in [2.75, 3.05) is 10.6 Å². The summed E-state index contributed by atoms with van der Waals surface area (Å²) in [5, 5.41) is 1.77. The summed E-state index contributed by atoms with van der Waals surface area (Å²) in [5.41, 5.74) is 6.06. The van der Waals surface area contributed by atoms with Gasteiger partial charge >= 0.3 is 23.6 Å². The molecule has 0 aliphatic carbocycles. The number of nitrogen functional groups attached to an aromatic ring is 1. The van der Waals surface area contributed by atoms with Crippen LogP contribution in [0, 0.1) is 0 Å². The maximum Gasteiger partial charge on any atom is 0.336 e. The van der Waals surface area contributed by atoms with Crippen molar-refractivity contribution < 1.29 is 19.2 Å². The first-order chi connectivity index (χ1) is 8.00. The van der Waals surface area contributed by atoms with E-state index < -0.39 is 23.6 Å². The highest BCUT2D eigenvalue weighted by Gasteiger charge is 2.39. The van der Waals surface area contributed by atoms with Crippen molar-refractivity contribution in [3.63, 3.8) is 0 Å². The molecule has 7 nitrogen and oxygen atoms in total. The van der Waals surface area contributed by atoms with Crippen LogP contribution in [-0.4, -0.2) is 23.6 Å². The summed E-state index contributed by atoms with van der Waals surface area (Å²) in [5.74, 6) is -3.67. The number of Topliss-reactive ketones (excluding diaryl/α,β-unsaturated/α-hetero) is 1. The summed E-state index contributed by atoms with van der Waals surface area (Å²) in [7, 11) is 0. The van der Waals surface area contributed by atoms with E-state index >= 15 is 0 Å². The first-order valence-corrected chi connectivity index (χ1v) is 4.60. The van der Waals surface area contributed by atoms with E-state index in [0.717, 1.165) is 0 Å². The monoisotopic (exact) mass is 233 g/mol. The molecule has 0 bridgehead atoms. The predicted octanol–water partition coefficient (Wildman–Crippen LogP) is -0.579. The second-order valence-corrected chi connectivity index (χ2v) is 3.32. The van der Waals surface area contributed by atoms with Crippen LogP contribution in [0.25, 0.3) is 0 Å². The van der Waals surface area contributed by atoms with Crippen LogP contribution in [0.5, 0.6) is 0 Å². The van der Waals surface area contributed by atoms with Crippen LogP contribution >= 0.6 is 0 Å². The zero-order valence-electron chi connectivity index (χ0n) is 8.47. The van der Waals surface area contributed by atoms with Crippen LogP contribution in [0.4, 0.5) is 16.2 Å². The Morgan fingerprint density at radius 3 is 2.18 bits per heavy atom. The van der Waals surface area contributed by atoms with E-state index in [1.54, 1.807) is 5.32 Å². The minimum absolute atomic E-state index is 0.169. The van der Waals surface area contributed by atoms with Crippen molar-refractivity contribution in [2.45, 2.75) is 0 Å². The number of urea groups is 1. The van der Waals surface area contributed by atoms with Gasteiger partial charge in [-0.3, -0.25) is 19.7 Å². The Labute approximate surface area is 95.2 Å². The molecule has 86 valence electrons. The lowest BCUT2D eigenvalue weighted by Gasteiger charge is -2.23. The van der Waals surface area contributed by atoms with Gasteiger partial charge in [0.1, 0.15) is 0 Å². The Morgan fingerprint density at radius 1 is 1.00 bits per heavy atom. The molecule has 1 saturated heterocycles. The van der Waals surface area contributed by atoms with Gasteiger partial charge in [0.2, 0.25) is 0 Å². The van der Waals surface area contributed by atoms with Gasteiger partial charge in [0.25, 0.3) is 0 Å². The minimum atomic E-state index is -1.28. The third-order valence-corrected chi connectivity index (χ3v) is 2.18. The van der Waals surface area contributed by atoms with Crippen LogP contribution in [0.3, 0.4) is 0 Å². The molecule has 0 unspecified atom stereocenters. The molecule has 3 N–H and O–H groups in total. The fourth-order valence-electron chi connectivity index (χ4n) is 1.36. The number of amides is 4. The molecule has 1 fully saturated rings. The van der Waals surface area contributed by atoms with Crippen molar-refractivity contribution in [1.82, 2.24) is 5.32 Å². The molecule has 1 aromatic carbocycles. The lowest BCUT2D eigenvalue weighted by Crippen LogP contribution is -2.58. The summed E-state index contributed by atoms with van der Waals surface area (Å²) < 4.78 is 0. The number of ketones is 1. The van der Waals surface area contributed by atoms with E-state index in [4.69, 9.17) is 5.73 Å². The van der Waals surface area contributed by atoms with Crippen molar-refractivity contribution in [3.05, 3.63) is 24.3 Å². The molecule has 1 aliphatic rings. The van der Waals surface area contributed by atoms with Gasteiger partial charge in [0, 0.05) is 5.69 Å². The number of nitrogens with two attached hydrogens (primary N) is 1. The topological polar surface area (TPSA) is 110 Å². The Bertz CT molecular complexity index is 535. The smallest absolute Gasteiger partial charge is 0.336 e. The number of hydrogen-bond donors (Lipinski definition) is 2. The molecule has 0 aromatic heterocycles. The standard InChI is InChI=1S/C10H7N3O4/c11-5-1-3-6(4-2-5)13-9(16)7(14)8(15)12-10(13)17/h1-4H,11H2,(H,12,15,17). The van der Waals surface area contributed by atoms with Gasteiger partial charge in [0.15, 0.2) is 0 Å². The average Bonchev–Trinajstić information content (AvgIpc) is 2.29. The lowest BCUT2D eigenvalue weighted by atomic mass is 10.2.